The van der Waals surface area contributed by atoms with E-state index in [1.807, 2.05) is 43.3 Å². The van der Waals surface area contributed by atoms with Crippen LogP contribution < -0.4 is 10.6 Å². The van der Waals surface area contributed by atoms with Crippen molar-refractivity contribution in [3.8, 4) is 0 Å². The van der Waals surface area contributed by atoms with Crippen LogP contribution in [0.2, 0.25) is 5.02 Å². The van der Waals surface area contributed by atoms with Gasteiger partial charge in [-0.2, -0.15) is 0 Å². The molecule has 1 saturated carbocycles. The number of para-hydroxylation sites is 1. The molecule has 1 unspecified atom stereocenters. The molecule has 1 aliphatic carbocycles. The first-order chi connectivity index (χ1) is 12.1. The van der Waals surface area contributed by atoms with Crippen LogP contribution >= 0.6 is 11.6 Å². The van der Waals surface area contributed by atoms with E-state index in [4.69, 9.17) is 11.6 Å². The van der Waals surface area contributed by atoms with Crippen LogP contribution in [0.1, 0.15) is 36.9 Å². The van der Waals surface area contributed by atoms with Gasteiger partial charge in [-0.1, -0.05) is 48.9 Å². The number of aryl methyl sites for hydroxylation is 1. The number of carbonyl (C=O) groups is 2. The zero-order valence-electron chi connectivity index (χ0n) is 14.1. The van der Waals surface area contributed by atoms with Crippen molar-refractivity contribution in [2.75, 3.05) is 5.32 Å². The third-order valence-corrected chi connectivity index (χ3v) is 4.71. The first kappa shape index (κ1) is 17.5. The van der Waals surface area contributed by atoms with Gasteiger partial charge >= 0.3 is 11.8 Å². The average molecular weight is 357 g/mol. The normalized spacial score (nSPS) is 14.6. The van der Waals surface area contributed by atoms with Gasteiger partial charge in [0.2, 0.25) is 0 Å². The zero-order valence-corrected chi connectivity index (χ0v) is 14.8. The summed E-state index contributed by atoms with van der Waals surface area (Å²) >= 11 is 5.94. The molecular formula is C20H21ClN2O2. The molecule has 0 heterocycles. The Labute approximate surface area is 152 Å². The molecule has 0 bridgehead atoms. The number of benzene rings is 2. The fourth-order valence-electron chi connectivity index (χ4n) is 2.91. The molecule has 25 heavy (non-hydrogen) atoms. The van der Waals surface area contributed by atoms with Crippen LogP contribution in [-0.2, 0) is 16.0 Å². The quantitative estimate of drug-likeness (QED) is 0.792. The van der Waals surface area contributed by atoms with E-state index in [1.165, 1.54) is 0 Å². The fourth-order valence-corrected chi connectivity index (χ4v) is 3.04. The minimum Gasteiger partial charge on any atom is -0.341 e. The van der Waals surface area contributed by atoms with Crippen molar-refractivity contribution in [1.29, 1.82) is 0 Å². The van der Waals surface area contributed by atoms with Gasteiger partial charge in [-0.3, -0.25) is 9.59 Å². The molecular weight excluding hydrogens is 336 g/mol. The predicted molar refractivity (Wildman–Crippen MR) is 99.5 cm³/mol. The van der Waals surface area contributed by atoms with Crippen molar-refractivity contribution in [2.24, 2.45) is 5.92 Å². The van der Waals surface area contributed by atoms with Crippen LogP contribution in [-0.4, -0.2) is 11.8 Å². The molecule has 2 N–H and O–H groups in total. The lowest BCUT2D eigenvalue weighted by Crippen LogP contribution is -2.38. The van der Waals surface area contributed by atoms with Crippen LogP contribution in [0, 0.1) is 5.92 Å². The van der Waals surface area contributed by atoms with Crippen molar-refractivity contribution in [3.05, 3.63) is 64.7 Å². The molecule has 130 valence electrons. The minimum atomic E-state index is -0.638. The highest BCUT2D eigenvalue weighted by atomic mass is 35.5. The molecule has 0 saturated heterocycles. The summed E-state index contributed by atoms with van der Waals surface area (Å²) in [5.74, 6) is -0.876. The molecule has 1 aliphatic rings. The highest BCUT2D eigenvalue weighted by Crippen LogP contribution is 2.41. The van der Waals surface area contributed by atoms with Crippen LogP contribution in [0.4, 0.5) is 5.69 Å². The summed E-state index contributed by atoms with van der Waals surface area (Å²) in [6.45, 7) is 2.01. The third-order valence-electron chi connectivity index (χ3n) is 4.46. The van der Waals surface area contributed by atoms with Gasteiger partial charge in [0.25, 0.3) is 0 Å². The summed E-state index contributed by atoms with van der Waals surface area (Å²) in [6.07, 6.45) is 2.88. The molecule has 0 spiro atoms. The summed E-state index contributed by atoms with van der Waals surface area (Å²) in [5, 5.41) is 6.24. The maximum Gasteiger partial charge on any atom is 0.313 e. The van der Waals surface area contributed by atoms with Gasteiger partial charge in [0.05, 0.1) is 6.04 Å². The van der Waals surface area contributed by atoms with Crippen molar-refractivity contribution in [2.45, 2.75) is 32.2 Å². The molecule has 5 heteroatoms. The Balaban J connectivity index is 1.69. The Hall–Kier alpha value is -2.33. The van der Waals surface area contributed by atoms with E-state index < -0.39 is 11.8 Å². The topological polar surface area (TPSA) is 58.2 Å². The molecule has 0 radical (unpaired) electrons. The number of nitrogens with one attached hydrogen (secondary N) is 2. The summed E-state index contributed by atoms with van der Waals surface area (Å²) in [4.78, 5) is 24.7. The summed E-state index contributed by atoms with van der Waals surface area (Å²) in [7, 11) is 0. The van der Waals surface area contributed by atoms with Crippen molar-refractivity contribution < 1.29 is 9.59 Å². The van der Waals surface area contributed by atoms with Crippen molar-refractivity contribution in [3.63, 3.8) is 0 Å². The van der Waals surface area contributed by atoms with E-state index in [0.717, 1.165) is 30.4 Å². The lowest BCUT2D eigenvalue weighted by atomic mass is 10.0. The molecule has 2 aromatic rings. The largest absolute Gasteiger partial charge is 0.341 e. The van der Waals surface area contributed by atoms with Gasteiger partial charge < -0.3 is 10.6 Å². The van der Waals surface area contributed by atoms with Crippen LogP contribution in [0.5, 0.6) is 0 Å². The summed E-state index contributed by atoms with van der Waals surface area (Å²) in [5.41, 5.74) is 2.65. The van der Waals surface area contributed by atoms with E-state index in [2.05, 4.69) is 10.6 Å². The molecule has 3 rings (SSSR count). The smallest absolute Gasteiger partial charge is 0.313 e. The average Bonchev–Trinajstić information content (AvgIpc) is 3.45. The Morgan fingerprint density at radius 1 is 1.08 bits per heavy atom. The molecule has 0 aromatic heterocycles. The maximum absolute atomic E-state index is 12.4. The first-order valence-electron chi connectivity index (χ1n) is 8.53. The summed E-state index contributed by atoms with van der Waals surface area (Å²) < 4.78 is 0. The number of hydrogen-bond acceptors (Lipinski definition) is 2. The molecule has 1 fully saturated rings. The minimum absolute atomic E-state index is 0.156. The van der Waals surface area contributed by atoms with Crippen LogP contribution in [0.25, 0.3) is 0 Å². The van der Waals surface area contributed by atoms with Crippen molar-refractivity contribution >= 4 is 29.1 Å². The zero-order chi connectivity index (χ0) is 17.8. The molecule has 1 atom stereocenters. The summed E-state index contributed by atoms with van der Waals surface area (Å²) in [6, 6.07) is 14.7. The third kappa shape index (κ3) is 4.40. The Morgan fingerprint density at radius 3 is 2.40 bits per heavy atom. The Kier molecular flexibility index (Phi) is 5.39. The standard InChI is InChI=1S/C20H21ClN2O2/c1-2-13-5-3-4-6-17(13)22-19(24)20(25)23-18(14-7-8-14)15-9-11-16(21)12-10-15/h3-6,9-12,14,18H,2,7-8H2,1H3,(H,22,24)(H,23,25). The second-order valence-electron chi connectivity index (χ2n) is 6.30. The van der Waals surface area contributed by atoms with E-state index in [-0.39, 0.29) is 6.04 Å². The van der Waals surface area contributed by atoms with Crippen LogP contribution in [0.3, 0.4) is 0 Å². The van der Waals surface area contributed by atoms with Gasteiger partial charge in [0.15, 0.2) is 0 Å². The van der Waals surface area contributed by atoms with E-state index in [1.54, 1.807) is 12.1 Å². The van der Waals surface area contributed by atoms with Crippen LogP contribution in [0.15, 0.2) is 48.5 Å². The number of rotatable bonds is 5. The number of halogens is 1. The Bertz CT molecular complexity index is 770. The molecule has 2 aromatic carbocycles. The van der Waals surface area contributed by atoms with Gasteiger partial charge in [-0.25, -0.2) is 0 Å². The van der Waals surface area contributed by atoms with Gasteiger partial charge in [0.1, 0.15) is 0 Å². The van der Waals surface area contributed by atoms with Crippen molar-refractivity contribution in [1.82, 2.24) is 5.32 Å². The predicted octanol–water partition coefficient (Wildman–Crippen LogP) is 4.11. The highest BCUT2D eigenvalue weighted by Gasteiger charge is 2.34. The van der Waals surface area contributed by atoms with Gasteiger partial charge in [0, 0.05) is 10.7 Å². The lowest BCUT2D eigenvalue weighted by molar-refractivity contribution is -0.136. The van der Waals surface area contributed by atoms with E-state index in [9.17, 15) is 9.59 Å². The highest BCUT2D eigenvalue weighted by molar-refractivity contribution is 6.39. The second kappa shape index (κ2) is 7.70. The second-order valence-corrected chi connectivity index (χ2v) is 6.74. The SMILES string of the molecule is CCc1ccccc1NC(=O)C(=O)NC(c1ccc(Cl)cc1)C1CC1. The maximum atomic E-state index is 12.4. The van der Waals surface area contributed by atoms with E-state index >= 15 is 0 Å². The fraction of sp³-hybridized carbons (Fsp3) is 0.300. The number of anilines is 1. The van der Waals surface area contributed by atoms with Gasteiger partial charge in [-0.05, 0) is 54.5 Å². The number of carbonyl (C=O) groups excluding carboxylic acids is 2. The number of hydrogen-bond donors (Lipinski definition) is 2. The molecule has 4 nitrogen and oxygen atoms in total. The lowest BCUT2D eigenvalue weighted by Gasteiger charge is -2.19. The number of amides is 2. The monoisotopic (exact) mass is 356 g/mol. The molecule has 2 amide bonds. The Morgan fingerprint density at radius 2 is 1.76 bits per heavy atom. The first-order valence-corrected chi connectivity index (χ1v) is 8.91. The van der Waals surface area contributed by atoms with E-state index in [0.29, 0.717) is 16.6 Å². The van der Waals surface area contributed by atoms with Gasteiger partial charge in [-0.15, -0.1) is 0 Å². The molecule has 0 aliphatic heterocycles.